The summed E-state index contributed by atoms with van der Waals surface area (Å²) in [5.41, 5.74) is 1.18. The van der Waals surface area contributed by atoms with Crippen molar-refractivity contribution in [2.24, 2.45) is 0 Å². The molecule has 1 aromatic rings. The second-order valence-electron chi connectivity index (χ2n) is 3.67. The molecule has 0 saturated carbocycles. The Morgan fingerprint density at radius 3 is 2.71 bits per heavy atom. The first kappa shape index (κ1) is 10.3. The Bertz CT molecular complexity index is 319. The average Bonchev–Trinajstić information content (AvgIpc) is 2.19. The molecule has 1 aliphatic rings. The molecule has 76 valence electrons. The first-order valence-corrected chi connectivity index (χ1v) is 5.71. The zero-order valence-electron chi connectivity index (χ0n) is 7.89. The highest BCUT2D eigenvalue weighted by Crippen LogP contribution is 2.30. The quantitative estimate of drug-likeness (QED) is 0.773. The lowest BCUT2D eigenvalue weighted by Gasteiger charge is -2.24. The highest BCUT2D eigenvalue weighted by Gasteiger charge is 2.16. The van der Waals surface area contributed by atoms with Gasteiger partial charge < -0.3 is 5.32 Å². The number of halogens is 2. The summed E-state index contributed by atoms with van der Waals surface area (Å²) in [6, 6.07) is 6.15. The van der Waals surface area contributed by atoms with Gasteiger partial charge >= 0.3 is 0 Å². The van der Waals surface area contributed by atoms with Crippen LogP contribution in [-0.4, -0.2) is 6.54 Å². The molecule has 1 fully saturated rings. The van der Waals surface area contributed by atoms with Crippen LogP contribution in [0.4, 0.5) is 0 Å². The number of benzene rings is 1. The van der Waals surface area contributed by atoms with E-state index in [4.69, 9.17) is 23.2 Å². The first-order valence-electron chi connectivity index (χ1n) is 4.96. The average molecular weight is 230 g/mol. The van der Waals surface area contributed by atoms with Crippen molar-refractivity contribution in [3.8, 4) is 0 Å². The van der Waals surface area contributed by atoms with Gasteiger partial charge in [-0.15, -0.1) is 0 Å². The molecule has 0 amide bonds. The highest BCUT2D eigenvalue weighted by atomic mass is 35.5. The smallest absolute Gasteiger partial charge is 0.0468 e. The van der Waals surface area contributed by atoms with Crippen LogP contribution in [0.1, 0.15) is 30.9 Å². The van der Waals surface area contributed by atoms with Gasteiger partial charge in [-0.1, -0.05) is 35.7 Å². The summed E-state index contributed by atoms with van der Waals surface area (Å²) in [5.74, 6) is 0. The van der Waals surface area contributed by atoms with Gasteiger partial charge in [0, 0.05) is 16.1 Å². The van der Waals surface area contributed by atoms with E-state index in [2.05, 4.69) is 5.32 Å². The van der Waals surface area contributed by atoms with Gasteiger partial charge in [0.2, 0.25) is 0 Å². The lowest BCUT2D eigenvalue weighted by atomic mass is 9.98. The van der Waals surface area contributed by atoms with E-state index in [-0.39, 0.29) is 0 Å². The number of piperidine rings is 1. The van der Waals surface area contributed by atoms with Gasteiger partial charge in [0.15, 0.2) is 0 Å². The van der Waals surface area contributed by atoms with Gasteiger partial charge in [-0.05, 0) is 37.1 Å². The van der Waals surface area contributed by atoms with Crippen LogP contribution < -0.4 is 5.32 Å². The van der Waals surface area contributed by atoms with Gasteiger partial charge in [0.05, 0.1) is 0 Å². The standard InChI is InChI=1S/C11H13Cl2N/c12-8-4-5-9(10(13)7-8)11-3-1-2-6-14-11/h4-5,7,11,14H,1-3,6H2. The van der Waals surface area contributed by atoms with Crippen LogP contribution in [0.25, 0.3) is 0 Å². The van der Waals surface area contributed by atoms with Crippen molar-refractivity contribution in [1.29, 1.82) is 0 Å². The number of rotatable bonds is 1. The fraction of sp³-hybridized carbons (Fsp3) is 0.455. The van der Waals surface area contributed by atoms with E-state index in [0.717, 1.165) is 11.6 Å². The van der Waals surface area contributed by atoms with Crippen LogP contribution in [0.15, 0.2) is 18.2 Å². The Labute approximate surface area is 94.4 Å². The maximum Gasteiger partial charge on any atom is 0.0468 e. The zero-order valence-corrected chi connectivity index (χ0v) is 9.41. The van der Waals surface area contributed by atoms with Gasteiger partial charge in [-0.3, -0.25) is 0 Å². The predicted molar refractivity (Wildman–Crippen MR) is 61.1 cm³/mol. The SMILES string of the molecule is Clc1ccc(C2CCCCN2)c(Cl)c1. The third-order valence-electron chi connectivity index (χ3n) is 2.65. The van der Waals surface area contributed by atoms with Crippen LogP contribution in [0.3, 0.4) is 0 Å². The summed E-state index contributed by atoms with van der Waals surface area (Å²) in [6.07, 6.45) is 3.71. The Morgan fingerprint density at radius 2 is 2.07 bits per heavy atom. The second-order valence-corrected chi connectivity index (χ2v) is 4.51. The van der Waals surface area contributed by atoms with E-state index in [1.807, 2.05) is 18.2 Å². The van der Waals surface area contributed by atoms with E-state index < -0.39 is 0 Å². The summed E-state index contributed by atoms with van der Waals surface area (Å²) in [4.78, 5) is 0. The number of hydrogen-bond acceptors (Lipinski definition) is 1. The third kappa shape index (κ3) is 2.22. The van der Waals surface area contributed by atoms with E-state index in [1.165, 1.54) is 24.8 Å². The number of nitrogens with one attached hydrogen (secondary N) is 1. The van der Waals surface area contributed by atoms with Crippen molar-refractivity contribution in [1.82, 2.24) is 5.32 Å². The predicted octanol–water partition coefficient (Wildman–Crippen LogP) is 3.81. The zero-order chi connectivity index (χ0) is 9.97. The first-order chi connectivity index (χ1) is 6.77. The molecule has 1 unspecified atom stereocenters. The van der Waals surface area contributed by atoms with Crippen LogP contribution in [-0.2, 0) is 0 Å². The van der Waals surface area contributed by atoms with Crippen molar-refractivity contribution < 1.29 is 0 Å². The van der Waals surface area contributed by atoms with Crippen LogP contribution >= 0.6 is 23.2 Å². The van der Waals surface area contributed by atoms with Gasteiger partial charge in [0.1, 0.15) is 0 Å². The molecule has 1 aliphatic heterocycles. The molecule has 1 nitrogen and oxygen atoms in total. The molecule has 1 aromatic carbocycles. The molecule has 0 radical (unpaired) electrons. The molecular formula is C11H13Cl2N. The largest absolute Gasteiger partial charge is 0.310 e. The normalized spacial score (nSPS) is 22.3. The maximum absolute atomic E-state index is 6.14. The van der Waals surface area contributed by atoms with Crippen LogP contribution in [0.5, 0.6) is 0 Å². The Kier molecular flexibility index (Phi) is 3.32. The monoisotopic (exact) mass is 229 g/mol. The minimum absolute atomic E-state index is 0.411. The van der Waals surface area contributed by atoms with E-state index in [1.54, 1.807) is 0 Å². The lowest BCUT2D eigenvalue weighted by Crippen LogP contribution is -2.26. The van der Waals surface area contributed by atoms with Crippen LogP contribution in [0.2, 0.25) is 10.0 Å². The molecule has 1 atom stereocenters. The van der Waals surface area contributed by atoms with Gasteiger partial charge in [0.25, 0.3) is 0 Å². The Balaban J connectivity index is 2.22. The van der Waals surface area contributed by atoms with Crippen molar-refractivity contribution >= 4 is 23.2 Å². The molecule has 0 aromatic heterocycles. The summed E-state index contributed by atoms with van der Waals surface area (Å²) in [7, 11) is 0. The minimum Gasteiger partial charge on any atom is -0.310 e. The minimum atomic E-state index is 0.411. The van der Waals surface area contributed by atoms with Gasteiger partial charge in [-0.25, -0.2) is 0 Å². The second kappa shape index (κ2) is 4.52. The highest BCUT2D eigenvalue weighted by molar-refractivity contribution is 6.35. The molecule has 1 heterocycles. The molecule has 0 spiro atoms. The molecule has 14 heavy (non-hydrogen) atoms. The fourth-order valence-electron chi connectivity index (χ4n) is 1.90. The van der Waals surface area contributed by atoms with Gasteiger partial charge in [-0.2, -0.15) is 0 Å². The molecule has 2 rings (SSSR count). The summed E-state index contributed by atoms with van der Waals surface area (Å²) >= 11 is 12.0. The Morgan fingerprint density at radius 1 is 1.21 bits per heavy atom. The molecular weight excluding hydrogens is 217 g/mol. The Hall–Kier alpha value is -0.240. The topological polar surface area (TPSA) is 12.0 Å². The van der Waals surface area contributed by atoms with E-state index in [9.17, 15) is 0 Å². The molecule has 1 N–H and O–H groups in total. The number of hydrogen-bond donors (Lipinski definition) is 1. The summed E-state index contributed by atoms with van der Waals surface area (Å²) in [6.45, 7) is 1.09. The van der Waals surface area contributed by atoms with Crippen molar-refractivity contribution in [2.45, 2.75) is 25.3 Å². The van der Waals surface area contributed by atoms with E-state index in [0.29, 0.717) is 11.1 Å². The molecule has 0 aliphatic carbocycles. The van der Waals surface area contributed by atoms with Crippen molar-refractivity contribution in [3.05, 3.63) is 33.8 Å². The van der Waals surface area contributed by atoms with Crippen molar-refractivity contribution in [2.75, 3.05) is 6.54 Å². The fourth-order valence-corrected chi connectivity index (χ4v) is 2.44. The summed E-state index contributed by atoms with van der Waals surface area (Å²) < 4.78 is 0. The van der Waals surface area contributed by atoms with Crippen LogP contribution in [0, 0.1) is 0 Å². The van der Waals surface area contributed by atoms with Crippen molar-refractivity contribution in [3.63, 3.8) is 0 Å². The lowest BCUT2D eigenvalue weighted by molar-refractivity contribution is 0.412. The molecule has 0 bridgehead atoms. The molecule has 1 saturated heterocycles. The third-order valence-corrected chi connectivity index (χ3v) is 3.21. The maximum atomic E-state index is 6.14. The summed E-state index contributed by atoms with van der Waals surface area (Å²) in [5, 5.41) is 4.95. The van der Waals surface area contributed by atoms with E-state index >= 15 is 0 Å². The molecule has 3 heteroatoms.